The van der Waals surface area contributed by atoms with Crippen molar-refractivity contribution >= 4 is 33.3 Å². The molecule has 0 unspecified atom stereocenters. The van der Waals surface area contributed by atoms with Crippen LogP contribution in [0.5, 0.6) is 0 Å². The van der Waals surface area contributed by atoms with Crippen LogP contribution in [0.3, 0.4) is 0 Å². The number of nitrogens with zero attached hydrogens (tertiary/aromatic N) is 3. The van der Waals surface area contributed by atoms with Crippen molar-refractivity contribution in [2.45, 2.75) is 12.5 Å². The SMILES string of the molecule is Clc1cc(Br)cnc1N1CC[C@H](N2CCOCC2)C1. The fourth-order valence-electron chi connectivity index (χ4n) is 2.81. The van der Waals surface area contributed by atoms with E-state index < -0.39 is 0 Å². The third-order valence-corrected chi connectivity index (χ3v) is 4.53. The van der Waals surface area contributed by atoms with Gasteiger partial charge in [-0.25, -0.2) is 4.98 Å². The Bertz CT molecular complexity index is 454. The summed E-state index contributed by atoms with van der Waals surface area (Å²) in [6.45, 7) is 5.83. The van der Waals surface area contributed by atoms with Gasteiger partial charge in [-0.1, -0.05) is 11.6 Å². The lowest BCUT2D eigenvalue weighted by Gasteiger charge is -2.32. The number of halogens is 2. The number of hydrogen-bond acceptors (Lipinski definition) is 4. The van der Waals surface area contributed by atoms with E-state index in [-0.39, 0.29) is 0 Å². The van der Waals surface area contributed by atoms with E-state index in [1.807, 2.05) is 12.3 Å². The van der Waals surface area contributed by atoms with E-state index in [9.17, 15) is 0 Å². The molecule has 2 aliphatic rings. The minimum Gasteiger partial charge on any atom is -0.379 e. The third kappa shape index (κ3) is 3.05. The first-order valence-corrected chi connectivity index (χ1v) is 7.79. The van der Waals surface area contributed by atoms with E-state index in [1.165, 1.54) is 6.42 Å². The van der Waals surface area contributed by atoms with Gasteiger partial charge in [-0.05, 0) is 28.4 Å². The normalized spacial score (nSPS) is 24.9. The third-order valence-electron chi connectivity index (χ3n) is 3.81. The molecule has 2 saturated heterocycles. The predicted molar refractivity (Wildman–Crippen MR) is 80.0 cm³/mol. The molecule has 104 valence electrons. The monoisotopic (exact) mass is 345 g/mol. The van der Waals surface area contributed by atoms with E-state index in [0.717, 1.165) is 54.7 Å². The van der Waals surface area contributed by atoms with Gasteiger partial charge in [0.05, 0.1) is 18.2 Å². The molecule has 0 N–H and O–H groups in total. The second-order valence-corrected chi connectivity index (χ2v) is 6.32. The highest BCUT2D eigenvalue weighted by atomic mass is 79.9. The van der Waals surface area contributed by atoms with Gasteiger partial charge in [0, 0.05) is 42.9 Å². The summed E-state index contributed by atoms with van der Waals surface area (Å²) in [5, 5.41) is 0.719. The van der Waals surface area contributed by atoms with Gasteiger partial charge >= 0.3 is 0 Å². The van der Waals surface area contributed by atoms with Gasteiger partial charge in [-0.3, -0.25) is 4.90 Å². The summed E-state index contributed by atoms with van der Waals surface area (Å²) in [6.07, 6.45) is 2.98. The first kappa shape index (κ1) is 13.6. The van der Waals surface area contributed by atoms with Crippen LogP contribution in [0.15, 0.2) is 16.7 Å². The summed E-state index contributed by atoms with van der Waals surface area (Å²) in [4.78, 5) is 9.25. The fraction of sp³-hybridized carbons (Fsp3) is 0.615. The summed E-state index contributed by atoms with van der Waals surface area (Å²) in [5.74, 6) is 0.903. The predicted octanol–water partition coefficient (Wildman–Crippen LogP) is 2.41. The van der Waals surface area contributed by atoms with Crippen LogP contribution in [0.1, 0.15) is 6.42 Å². The van der Waals surface area contributed by atoms with E-state index in [0.29, 0.717) is 6.04 Å². The molecule has 0 spiro atoms. The summed E-state index contributed by atoms with van der Waals surface area (Å²) in [7, 11) is 0. The molecule has 3 rings (SSSR count). The van der Waals surface area contributed by atoms with Crippen LogP contribution in [-0.4, -0.2) is 55.3 Å². The Kier molecular flexibility index (Phi) is 4.27. The number of anilines is 1. The van der Waals surface area contributed by atoms with Gasteiger partial charge in [-0.15, -0.1) is 0 Å². The zero-order valence-electron chi connectivity index (χ0n) is 10.7. The maximum absolute atomic E-state index is 6.28. The quantitative estimate of drug-likeness (QED) is 0.822. The van der Waals surface area contributed by atoms with Gasteiger partial charge < -0.3 is 9.64 Å². The molecule has 0 aromatic carbocycles. The van der Waals surface area contributed by atoms with Crippen LogP contribution in [-0.2, 0) is 4.74 Å². The highest BCUT2D eigenvalue weighted by molar-refractivity contribution is 9.10. The highest BCUT2D eigenvalue weighted by Gasteiger charge is 2.30. The molecule has 6 heteroatoms. The molecule has 4 nitrogen and oxygen atoms in total. The van der Waals surface area contributed by atoms with Crippen molar-refractivity contribution in [2.75, 3.05) is 44.3 Å². The highest BCUT2D eigenvalue weighted by Crippen LogP contribution is 2.29. The average molecular weight is 347 g/mol. The second-order valence-electron chi connectivity index (χ2n) is 5.00. The summed E-state index contributed by atoms with van der Waals surface area (Å²) in [5.41, 5.74) is 0. The Balaban J connectivity index is 1.67. The zero-order chi connectivity index (χ0) is 13.2. The van der Waals surface area contributed by atoms with E-state index in [1.54, 1.807) is 0 Å². The lowest BCUT2D eigenvalue weighted by atomic mass is 10.2. The molecular weight excluding hydrogens is 330 g/mol. The second kappa shape index (κ2) is 5.95. The van der Waals surface area contributed by atoms with Crippen LogP contribution in [0.2, 0.25) is 5.02 Å². The Morgan fingerprint density at radius 3 is 2.84 bits per heavy atom. The number of aromatic nitrogens is 1. The number of pyridine rings is 1. The summed E-state index contributed by atoms with van der Waals surface area (Å²) < 4.78 is 6.33. The molecule has 2 fully saturated rings. The van der Waals surface area contributed by atoms with Crippen LogP contribution >= 0.6 is 27.5 Å². The lowest BCUT2D eigenvalue weighted by molar-refractivity contribution is 0.0209. The fourth-order valence-corrected chi connectivity index (χ4v) is 3.56. The molecule has 0 radical (unpaired) electrons. The first-order chi connectivity index (χ1) is 9.24. The van der Waals surface area contributed by atoms with Crippen LogP contribution in [0.4, 0.5) is 5.82 Å². The molecule has 0 saturated carbocycles. The smallest absolute Gasteiger partial charge is 0.147 e. The minimum absolute atomic E-state index is 0.602. The van der Waals surface area contributed by atoms with Crippen molar-refractivity contribution in [3.05, 3.63) is 21.8 Å². The molecule has 0 bridgehead atoms. The molecule has 1 aromatic heterocycles. The van der Waals surface area contributed by atoms with Crippen LogP contribution < -0.4 is 4.90 Å². The minimum atomic E-state index is 0.602. The van der Waals surface area contributed by atoms with Crippen molar-refractivity contribution in [3.63, 3.8) is 0 Å². The molecule has 0 aliphatic carbocycles. The first-order valence-electron chi connectivity index (χ1n) is 6.62. The standard InChI is InChI=1S/C13H17BrClN3O/c14-10-7-12(15)13(16-8-10)18-2-1-11(9-18)17-3-5-19-6-4-17/h7-8,11H,1-6,9H2/t11-/m0/s1. The van der Waals surface area contributed by atoms with Crippen molar-refractivity contribution in [1.29, 1.82) is 0 Å². The van der Waals surface area contributed by atoms with Gasteiger partial charge in [-0.2, -0.15) is 0 Å². The largest absolute Gasteiger partial charge is 0.379 e. The summed E-state index contributed by atoms with van der Waals surface area (Å²) in [6, 6.07) is 2.51. The number of morpholine rings is 1. The van der Waals surface area contributed by atoms with Crippen molar-refractivity contribution in [1.82, 2.24) is 9.88 Å². The summed E-state index contributed by atoms with van der Waals surface area (Å²) >= 11 is 9.67. The molecule has 1 atom stereocenters. The Hall–Kier alpha value is -0.360. The number of rotatable bonds is 2. The Morgan fingerprint density at radius 1 is 1.32 bits per heavy atom. The Morgan fingerprint density at radius 2 is 2.11 bits per heavy atom. The van der Waals surface area contributed by atoms with E-state index >= 15 is 0 Å². The van der Waals surface area contributed by atoms with Gasteiger partial charge in [0.25, 0.3) is 0 Å². The van der Waals surface area contributed by atoms with Crippen molar-refractivity contribution in [2.24, 2.45) is 0 Å². The molecule has 3 heterocycles. The molecule has 0 amide bonds. The van der Waals surface area contributed by atoms with Crippen LogP contribution in [0.25, 0.3) is 0 Å². The number of hydrogen-bond donors (Lipinski definition) is 0. The van der Waals surface area contributed by atoms with Gasteiger partial charge in [0.1, 0.15) is 5.82 Å². The van der Waals surface area contributed by atoms with Crippen LogP contribution in [0, 0.1) is 0 Å². The van der Waals surface area contributed by atoms with Crippen molar-refractivity contribution < 1.29 is 4.74 Å². The van der Waals surface area contributed by atoms with E-state index in [2.05, 4.69) is 30.7 Å². The molecular formula is C13H17BrClN3O. The van der Waals surface area contributed by atoms with Gasteiger partial charge in [0.15, 0.2) is 0 Å². The molecule has 19 heavy (non-hydrogen) atoms. The topological polar surface area (TPSA) is 28.6 Å². The van der Waals surface area contributed by atoms with E-state index in [4.69, 9.17) is 16.3 Å². The van der Waals surface area contributed by atoms with Gasteiger partial charge in [0.2, 0.25) is 0 Å². The zero-order valence-corrected chi connectivity index (χ0v) is 13.0. The Labute approximate surface area is 126 Å². The van der Waals surface area contributed by atoms with Crippen molar-refractivity contribution in [3.8, 4) is 0 Å². The molecule has 1 aromatic rings. The average Bonchev–Trinajstić information content (AvgIpc) is 2.89. The lowest BCUT2D eigenvalue weighted by Crippen LogP contribution is -2.44. The number of ether oxygens (including phenoxy) is 1. The maximum Gasteiger partial charge on any atom is 0.147 e. The maximum atomic E-state index is 6.28. The molecule has 2 aliphatic heterocycles.